The second-order valence-electron chi connectivity index (χ2n) is 8.54. The van der Waals surface area contributed by atoms with Gasteiger partial charge in [-0.3, -0.25) is 4.79 Å². The number of carbonyl (C=O) groups is 1. The SMILES string of the molecule is CCOc1cc([C@H]2CC(=O)Nc3c2cnn3-c2nc3ccccc3s2)ccc1OCc1ccccc1. The minimum absolute atomic E-state index is 0.0577. The number of amides is 1. The average molecular weight is 497 g/mol. The van der Waals surface area contributed by atoms with Crippen LogP contribution in [0.2, 0.25) is 0 Å². The predicted molar refractivity (Wildman–Crippen MR) is 140 cm³/mol. The highest BCUT2D eigenvalue weighted by Gasteiger charge is 2.31. The maximum Gasteiger partial charge on any atom is 0.226 e. The van der Waals surface area contributed by atoms with Gasteiger partial charge in [-0.05, 0) is 42.3 Å². The summed E-state index contributed by atoms with van der Waals surface area (Å²) in [5, 5.41) is 8.34. The molecule has 0 saturated carbocycles. The molecule has 1 atom stereocenters. The molecule has 0 unspecified atom stereocenters. The number of thiazole rings is 1. The number of nitrogens with one attached hydrogen (secondary N) is 1. The largest absolute Gasteiger partial charge is 0.490 e. The van der Waals surface area contributed by atoms with Crippen molar-refractivity contribution in [2.75, 3.05) is 11.9 Å². The summed E-state index contributed by atoms with van der Waals surface area (Å²) in [6, 6.07) is 23.9. The molecule has 5 aromatic rings. The summed E-state index contributed by atoms with van der Waals surface area (Å²) in [4.78, 5) is 17.5. The van der Waals surface area contributed by atoms with Crippen LogP contribution >= 0.6 is 11.3 Å². The van der Waals surface area contributed by atoms with Crippen molar-refractivity contribution in [3.05, 3.63) is 95.7 Å². The first-order valence-electron chi connectivity index (χ1n) is 11.9. The van der Waals surface area contributed by atoms with Crippen molar-refractivity contribution < 1.29 is 14.3 Å². The van der Waals surface area contributed by atoms with Crippen molar-refractivity contribution in [2.24, 2.45) is 0 Å². The van der Waals surface area contributed by atoms with E-state index >= 15 is 0 Å². The summed E-state index contributed by atoms with van der Waals surface area (Å²) < 4.78 is 14.8. The van der Waals surface area contributed by atoms with Gasteiger partial charge in [-0.15, -0.1) is 0 Å². The first-order chi connectivity index (χ1) is 17.7. The van der Waals surface area contributed by atoms with Gasteiger partial charge < -0.3 is 14.8 Å². The van der Waals surface area contributed by atoms with Crippen LogP contribution in [-0.2, 0) is 11.4 Å². The van der Waals surface area contributed by atoms with Crippen LogP contribution in [0, 0.1) is 0 Å². The van der Waals surface area contributed by atoms with Gasteiger partial charge in [0, 0.05) is 17.9 Å². The number of aromatic nitrogens is 3. The monoisotopic (exact) mass is 496 g/mol. The molecule has 8 heteroatoms. The smallest absolute Gasteiger partial charge is 0.226 e. The molecule has 1 aliphatic rings. The molecule has 3 aromatic carbocycles. The second kappa shape index (κ2) is 9.47. The van der Waals surface area contributed by atoms with E-state index in [4.69, 9.17) is 14.5 Å². The molecule has 1 amide bonds. The Morgan fingerprint density at radius 1 is 1.03 bits per heavy atom. The predicted octanol–water partition coefficient (Wildman–Crippen LogP) is 5.93. The fourth-order valence-electron chi connectivity index (χ4n) is 4.48. The first-order valence-corrected chi connectivity index (χ1v) is 12.7. The van der Waals surface area contributed by atoms with Gasteiger partial charge in [0.15, 0.2) is 11.5 Å². The van der Waals surface area contributed by atoms with Crippen molar-refractivity contribution in [3.8, 4) is 16.6 Å². The Morgan fingerprint density at radius 2 is 1.86 bits per heavy atom. The van der Waals surface area contributed by atoms with Crippen molar-refractivity contribution in [1.29, 1.82) is 0 Å². The Morgan fingerprint density at radius 3 is 2.69 bits per heavy atom. The third-order valence-corrected chi connectivity index (χ3v) is 7.20. The summed E-state index contributed by atoms with van der Waals surface area (Å²) in [5.74, 6) is 1.79. The van der Waals surface area contributed by atoms with Crippen LogP contribution in [0.3, 0.4) is 0 Å². The molecule has 180 valence electrons. The standard InChI is InChI=1S/C28H24N4O3S/c1-2-34-24-14-19(12-13-23(24)35-17-18-8-4-3-5-9-18)20-15-26(33)31-27-21(20)16-29-32(27)28-30-22-10-6-7-11-25(22)36-28/h3-14,16,20H,2,15,17H2,1H3,(H,31,33)/t20-/m1/s1. The van der Waals surface area contributed by atoms with Crippen LogP contribution < -0.4 is 14.8 Å². The number of hydrogen-bond acceptors (Lipinski definition) is 6. The molecular weight excluding hydrogens is 472 g/mol. The minimum atomic E-state index is -0.153. The Kier molecular flexibility index (Phi) is 5.87. The number of nitrogens with zero attached hydrogens (tertiary/aromatic N) is 3. The van der Waals surface area contributed by atoms with Crippen LogP contribution in [0.5, 0.6) is 11.5 Å². The minimum Gasteiger partial charge on any atom is -0.490 e. The third kappa shape index (κ3) is 4.20. The zero-order valence-corrected chi connectivity index (χ0v) is 20.5. The Balaban J connectivity index is 1.33. The van der Waals surface area contributed by atoms with Gasteiger partial charge in [0.25, 0.3) is 0 Å². The van der Waals surface area contributed by atoms with Crippen molar-refractivity contribution in [2.45, 2.75) is 25.9 Å². The number of ether oxygens (including phenoxy) is 2. The van der Waals surface area contributed by atoms with E-state index in [1.54, 1.807) is 16.0 Å². The van der Waals surface area contributed by atoms with Crippen molar-refractivity contribution in [3.63, 3.8) is 0 Å². The van der Waals surface area contributed by atoms with Crippen molar-refractivity contribution >= 4 is 33.3 Å². The molecule has 1 aliphatic heterocycles. The summed E-state index contributed by atoms with van der Waals surface area (Å²) >= 11 is 1.54. The van der Waals surface area contributed by atoms with Gasteiger partial charge in [0.1, 0.15) is 12.4 Å². The zero-order valence-electron chi connectivity index (χ0n) is 19.7. The molecule has 0 spiro atoms. The van der Waals surface area contributed by atoms with E-state index in [0.717, 1.165) is 32.0 Å². The Labute approximate surface area is 212 Å². The topological polar surface area (TPSA) is 78.3 Å². The van der Waals surface area contributed by atoms with Crippen molar-refractivity contribution in [1.82, 2.24) is 14.8 Å². The van der Waals surface area contributed by atoms with E-state index < -0.39 is 0 Å². The zero-order chi connectivity index (χ0) is 24.5. The number of carbonyl (C=O) groups excluding carboxylic acids is 1. The Bertz CT molecular complexity index is 1510. The molecule has 0 fully saturated rings. The van der Waals surface area contributed by atoms with Gasteiger partial charge in [-0.25, -0.2) is 4.98 Å². The highest BCUT2D eigenvalue weighted by Crippen LogP contribution is 2.41. The highest BCUT2D eigenvalue weighted by molar-refractivity contribution is 7.20. The lowest BCUT2D eigenvalue weighted by Crippen LogP contribution is -2.24. The van der Waals surface area contributed by atoms with E-state index in [1.807, 2.05) is 85.9 Å². The number of fused-ring (bicyclic) bond motifs is 2. The molecule has 3 heterocycles. The van der Waals surface area contributed by atoms with Gasteiger partial charge in [0.2, 0.25) is 11.0 Å². The van der Waals surface area contributed by atoms with Gasteiger partial charge in [-0.1, -0.05) is 59.9 Å². The number of hydrogen-bond donors (Lipinski definition) is 1. The summed E-state index contributed by atoms with van der Waals surface area (Å²) in [5.41, 5.74) is 3.92. The molecular formula is C28H24N4O3S. The highest BCUT2D eigenvalue weighted by atomic mass is 32.1. The molecule has 0 saturated heterocycles. The maximum atomic E-state index is 12.8. The second-order valence-corrected chi connectivity index (χ2v) is 9.55. The first kappa shape index (κ1) is 22.3. The molecule has 1 N–H and O–H groups in total. The van der Waals surface area contributed by atoms with Crippen LogP contribution in [0.4, 0.5) is 5.82 Å². The molecule has 0 radical (unpaired) electrons. The summed E-state index contributed by atoms with van der Waals surface area (Å²) in [7, 11) is 0. The van der Waals surface area contributed by atoms with Crippen LogP contribution in [0.15, 0.2) is 79.0 Å². The maximum absolute atomic E-state index is 12.8. The Hall–Kier alpha value is -4.17. The number of para-hydroxylation sites is 1. The fourth-order valence-corrected chi connectivity index (χ4v) is 5.41. The van der Waals surface area contributed by atoms with Gasteiger partial charge >= 0.3 is 0 Å². The van der Waals surface area contributed by atoms with E-state index in [2.05, 4.69) is 10.4 Å². The quantitative estimate of drug-likeness (QED) is 0.302. The van der Waals surface area contributed by atoms with Crippen LogP contribution in [0.1, 0.15) is 36.0 Å². The lowest BCUT2D eigenvalue weighted by molar-refractivity contribution is -0.116. The van der Waals surface area contributed by atoms with E-state index in [1.165, 1.54) is 0 Å². The summed E-state index contributed by atoms with van der Waals surface area (Å²) in [6.07, 6.45) is 2.15. The molecule has 36 heavy (non-hydrogen) atoms. The van der Waals surface area contributed by atoms with Crippen LogP contribution in [-0.4, -0.2) is 27.3 Å². The van der Waals surface area contributed by atoms with E-state index in [9.17, 15) is 4.79 Å². The number of benzene rings is 3. The normalized spacial score (nSPS) is 14.9. The number of rotatable bonds is 7. The summed E-state index contributed by atoms with van der Waals surface area (Å²) in [6.45, 7) is 2.91. The molecule has 6 rings (SSSR count). The van der Waals surface area contributed by atoms with E-state index in [0.29, 0.717) is 37.0 Å². The average Bonchev–Trinajstić information content (AvgIpc) is 3.52. The molecule has 7 nitrogen and oxygen atoms in total. The van der Waals surface area contributed by atoms with Crippen LogP contribution in [0.25, 0.3) is 15.3 Å². The lowest BCUT2D eigenvalue weighted by Gasteiger charge is -2.24. The molecule has 2 aromatic heterocycles. The van der Waals surface area contributed by atoms with E-state index in [-0.39, 0.29) is 11.8 Å². The number of anilines is 1. The molecule has 0 bridgehead atoms. The lowest BCUT2D eigenvalue weighted by atomic mass is 9.87. The molecule has 0 aliphatic carbocycles. The third-order valence-electron chi connectivity index (χ3n) is 6.19. The fraction of sp³-hybridized carbons (Fsp3) is 0.179. The van der Waals surface area contributed by atoms with Gasteiger partial charge in [0.05, 0.1) is 23.0 Å². The van der Waals surface area contributed by atoms with Gasteiger partial charge in [-0.2, -0.15) is 9.78 Å².